The Balaban J connectivity index is 1.80. The van der Waals surface area contributed by atoms with E-state index in [1.165, 1.54) is 26.4 Å². The Bertz CT molecular complexity index is 1050. The van der Waals surface area contributed by atoms with Crippen molar-refractivity contribution in [1.29, 1.82) is 0 Å². The standard InChI is InChI=1S/C20H22N2O7S/c1-28-15-6-8-16(9-7-15)30(26,27)22-14-5-3-4-13(10-14)11-20(19(24)29-2)12-17(20)18(23)21-25/h3-10,17,22,25H,11-12H2,1-2H3,(H,21,23)/t17-,20+/m1/s1. The summed E-state index contributed by atoms with van der Waals surface area (Å²) in [6.07, 6.45) is 0.393. The number of ether oxygens (including phenoxy) is 2. The fourth-order valence-electron chi connectivity index (χ4n) is 3.50. The van der Waals surface area contributed by atoms with Crippen molar-refractivity contribution in [1.82, 2.24) is 5.48 Å². The number of methoxy groups -OCH3 is 2. The summed E-state index contributed by atoms with van der Waals surface area (Å²) in [6.45, 7) is 0. The van der Waals surface area contributed by atoms with E-state index in [1.807, 2.05) is 0 Å². The normalized spacial score (nSPS) is 20.2. The highest BCUT2D eigenvalue weighted by Gasteiger charge is 2.64. The lowest BCUT2D eigenvalue weighted by Gasteiger charge is -2.16. The van der Waals surface area contributed by atoms with E-state index in [9.17, 15) is 18.0 Å². The van der Waals surface area contributed by atoms with Gasteiger partial charge in [0.25, 0.3) is 10.0 Å². The molecule has 10 heteroatoms. The van der Waals surface area contributed by atoms with Gasteiger partial charge in [0.1, 0.15) is 5.75 Å². The van der Waals surface area contributed by atoms with Gasteiger partial charge in [-0.25, -0.2) is 13.9 Å². The quantitative estimate of drug-likeness (QED) is 0.327. The van der Waals surface area contributed by atoms with E-state index in [-0.39, 0.29) is 17.7 Å². The molecule has 160 valence electrons. The van der Waals surface area contributed by atoms with Crippen molar-refractivity contribution in [3.8, 4) is 5.75 Å². The molecular weight excluding hydrogens is 412 g/mol. The van der Waals surface area contributed by atoms with Crippen molar-refractivity contribution < 1.29 is 32.7 Å². The number of rotatable bonds is 8. The molecular formula is C20H22N2O7S. The van der Waals surface area contributed by atoms with Gasteiger partial charge in [-0.1, -0.05) is 12.1 Å². The maximum atomic E-state index is 12.6. The summed E-state index contributed by atoms with van der Waals surface area (Å²) >= 11 is 0. The topological polar surface area (TPSA) is 131 Å². The third-order valence-corrected chi connectivity index (χ3v) is 6.56. The minimum Gasteiger partial charge on any atom is -0.497 e. The molecule has 3 N–H and O–H groups in total. The number of nitrogens with one attached hydrogen (secondary N) is 2. The van der Waals surface area contributed by atoms with Crippen LogP contribution in [0.1, 0.15) is 12.0 Å². The highest BCUT2D eigenvalue weighted by molar-refractivity contribution is 7.92. The average molecular weight is 434 g/mol. The van der Waals surface area contributed by atoms with Crippen LogP contribution in [0.3, 0.4) is 0 Å². The molecule has 2 aromatic carbocycles. The molecule has 0 heterocycles. The molecule has 0 radical (unpaired) electrons. The highest BCUT2D eigenvalue weighted by atomic mass is 32.2. The minimum absolute atomic E-state index is 0.0709. The first-order chi connectivity index (χ1) is 14.3. The smallest absolute Gasteiger partial charge is 0.312 e. The van der Waals surface area contributed by atoms with Gasteiger partial charge in [0, 0.05) is 5.69 Å². The predicted octanol–water partition coefficient (Wildman–Crippen LogP) is 1.72. The van der Waals surface area contributed by atoms with E-state index in [0.29, 0.717) is 17.0 Å². The third-order valence-electron chi connectivity index (χ3n) is 5.16. The fraction of sp³-hybridized carbons (Fsp3) is 0.300. The van der Waals surface area contributed by atoms with Gasteiger partial charge in [-0.2, -0.15) is 0 Å². The second-order valence-electron chi connectivity index (χ2n) is 7.04. The van der Waals surface area contributed by atoms with E-state index >= 15 is 0 Å². The number of hydroxylamine groups is 1. The molecule has 1 aliphatic carbocycles. The third kappa shape index (κ3) is 4.24. The van der Waals surface area contributed by atoms with Crippen LogP contribution in [0.15, 0.2) is 53.4 Å². The fourth-order valence-corrected chi connectivity index (χ4v) is 4.55. The summed E-state index contributed by atoms with van der Waals surface area (Å²) < 4.78 is 37.7. The number of anilines is 1. The molecule has 0 unspecified atom stereocenters. The lowest BCUT2D eigenvalue weighted by molar-refractivity contribution is -0.149. The largest absolute Gasteiger partial charge is 0.497 e. The zero-order chi connectivity index (χ0) is 21.9. The molecule has 0 aromatic heterocycles. The number of carbonyl (C=O) groups is 2. The molecule has 2 aromatic rings. The van der Waals surface area contributed by atoms with Crippen LogP contribution in [0, 0.1) is 11.3 Å². The first-order valence-electron chi connectivity index (χ1n) is 9.04. The van der Waals surface area contributed by atoms with Crippen molar-refractivity contribution in [2.75, 3.05) is 18.9 Å². The monoisotopic (exact) mass is 434 g/mol. The van der Waals surface area contributed by atoms with Gasteiger partial charge in [-0.05, 0) is 54.8 Å². The van der Waals surface area contributed by atoms with Crippen LogP contribution in [0.25, 0.3) is 0 Å². The average Bonchev–Trinajstić information content (AvgIpc) is 3.47. The van der Waals surface area contributed by atoms with E-state index in [1.54, 1.807) is 41.9 Å². The number of carbonyl (C=O) groups excluding carboxylic acids is 2. The van der Waals surface area contributed by atoms with Crippen LogP contribution in [-0.4, -0.2) is 39.7 Å². The maximum Gasteiger partial charge on any atom is 0.312 e. The Hall–Kier alpha value is -3.11. The van der Waals surface area contributed by atoms with Crippen LogP contribution in [0.2, 0.25) is 0 Å². The van der Waals surface area contributed by atoms with Gasteiger partial charge >= 0.3 is 5.97 Å². The Morgan fingerprint density at radius 1 is 1.17 bits per heavy atom. The Kier molecular flexibility index (Phi) is 5.99. The van der Waals surface area contributed by atoms with E-state index in [2.05, 4.69) is 4.72 Å². The predicted molar refractivity (Wildman–Crippen MR) is 106 cm³/mol. The molecule has 0 bridgehead atoms. The first-order valence-corrected chi connectivity index (χ1v) is 10.5. The Labute approximate surface area is 174 Å². The van der Waals surface area contributed by atoms with Gasteiger partial charge in [0.2, 0.25) is 5.91 Å². The van der Waals surface area contributed by atoms with Crippen LogP contribution in [0.4, 0.5) is 5.69 Å². The van der Waals surface area contributed by atoms with Gasteiger partial charge in [0.15, 0.2) is 0 Å². The van der Waals surface area contributed by atoms with Gasteiger partial charge in [0.05, 0.1) is 30.4 Å². The van der Waals surface area contributed by atoms with Crippen LogP contribution in [-0.2, 0) is 30.8 Å². The lowest BCUT2D eigenvalue weighted by atomic mass is 9.93. The zero-order valence-corrected chi connectivity index (χ0v) is 17.2. The number of amides is 1. The Morgan fingerprint density at radius 2 is 1.87 bits per heavy atom. The van der Waals surface area contributed by atoms with Gasteiger partial charge in [-0.3, -0.25) is 19.5 Å². The lowest BCUT2D eigenvalue weighted by Crippen LogP contribution is -2.30. The van der Waals surface area contributed by atoms with E-state index < -0.39 is 33.2 Å². The number of sulfonamides is 1. The molecule has 0 saturated heterocycles. The van der Waals surface area contributed by atoms with E-state index in [4.69, 9.17) is 14.7 Å². The molecule has 9 nitrogen and oxygen atoms in total. The van der Waals surface area contributed by atoms with Gasteiger partial charge in [-0.15, -0.1) is 0 Å². The molecule has 0 aliphatic heterocycles. The molecule has 3 rings (SSSR count). The van der Waals surface area contributed by atoms with E-state index in [0.717, 1.165) is 0 Å². The number of esters is 1. The molecule has 1 amide bonds. The van der Waals surface area contributed by atoms with Crippen LogP contribution in [0.5, 0.6) is 5.75 Å². The number of hydrogen-bond acceptors (Lipinski definition) is 7. The van der Waals surface area contributed by atoms with Crippen molar-refractivity contribution in [3.05, 3.63) is 54.1 Å². The molecule has 0 spiro atoms. The molecule has 1 saturated carbocycles. The highest BCUT2D eigenvalue weighted by Crippen LogP contribution is 2.55. The molecule has 2 atom stereocenters. The maximum absolute atomic E-state index is 12.6. The minimum atomic E-state index is -3.83. The Morgan fingerprint density at radius 3 is 2.47 bits per heavy atom. The molecule has 30 heavy (non-hydrogen) atoms. The second-order valence-corrected chi connectivity index (χ2v) is 8.72. The van der Waals surface area contributed by atoms with Gasteiger partial charge < -0.3 is 9.47 Å². The van der Waals surface area contributed by atoms with Crippen molar-refractivity contribution in [3.63, 3.8) is 0 Å². The summed E-state index contributed by atoms with van der Waals surface area (Å²) in [7, 11) is -1.11. The SMILES string of the molecule is COC(=O)[C@@]1(Cc2cccc(NS(=O)(=O)c3ccc(OC)cc3)c2)C[C@@H]1C(=O)NO. The van der Waals surface area contributed by atoms with Crippen molar-refractivity contribution in [2.24, 2.45) is 11.3 Å². The summed E-state index contributed by atoms with van der Waals surface area (Å²) in [5, 5.41) is 8.87. The summed E-state index contributed by atoms with van der Waals surface area (Å²) in [5.74, 6) is -1.39. The summed E-state index contributed by atoms with van der Waals surface area (Å²) in [5.41, 5.74) is 1.43. The van der Waals surface area contributed by atoms with Crippen molar-refractivity contribution in [2.45, 2.75) is 17.7 Å². The summed E-state index contributed by atoms with van der Waals surface area (Å²) in [4.78, 5) is 24.1. The summed E-state index contributed by atoms with van der Waals surface area (Å²) in [6, 6.07) is 12.5. The molecule has 1 aliphatic rings. The van der Waals surface area contributed by atoms with Crippen molar-refractivity contribution >= 4 is 27.6 Å². The zero-order valence-electron chi connectivity index (χ0n) is 16.4. The number of benzene rings is 2. The van der Waals surface area contributed by atoms with Crippen LogP contribution >= 0.6 is 0 Å². The first kappa shape index (κ1) is 21.6. The van der Waals surface area contributed by atoms with Crippen LogP contribution < -0.4 is 14.9 Å². The molecule has 1 fully saturated rings. The second kappa shape index (κ2) is 8.33. The number of hydrogen-bond donors (Lipinski definition) is 3.